The summed E-state index contributed by atoms with van der Waals surface area (Å²) in [6, 6.07) is 8.27. The number of hydrogen-bond acceptors (Lipinski definition) is 4. The molecule has 0 unspecified atom stereocenters. The Bertz CT molecular complexity index is 488. The molecule has 0 spiro atoms. The summed E-state index contributed by atoms with van der Waals surface area (Å²) in [6.07, 6.45) is 0. The Morgan fingerprint density at radius 3 is 2.56 bits per heavy atom. The van der Waals surface area contributed by atoms with Gasteiger partial charge in [0, 0.05) is 5.56 Å². The number of hydrogen-bond donors (Lipinski definition) is 1. The molecule has 2 aromatic rings. The van der Waals surface area contributed by atoms with E-state index >= 15 is 0 Å². The van der Waals surface area contributed by atoms with E-state index in [1.165, 1.54) is 5.56 Å². The van der Waals surface area contributed by atoms with Crippen LogP contribution in [0.3, 0.4) is 0 Å². The van der Waals surface area contributed by atoms with Gasteiger partial charge in [0.1, 0.15) is 0 Å². The summed E-state index contributed by atoms with van der Waals surface area (Å²) in [7, 11) is 0. The monoisotopic (exact) mass is 245 g/mol. The first-order chi connectivity index (χ1) is 8.70. The fourth-order valence-electron chi connectivity index (χ4n) is 1.69. The highest BCUT2D eigenvalue weighted by molar-refractivity contribution is 5.53. The van der Waals surface area contributed by atoms with E-state index in [0.29, 0.717) is 24.2 Å². The SMILES string of the molecule is CCNCc1noc(-c2ccc(C(C)C)cc2)n1. The Morgan fingerprint density at radius 1 is 1.22 bits per heavy atom. The molecule has 96 valence electrons. The number of rotatable bonds is 5. The summed E-state index contributed by atoms with van der Waals surface area (Å²) < 4.78 is 5.25. The van der Waals surface area contributed by atoms with Crippen LogP contribution in [0.1, 0.15) is 38.1 Å². The molecule has 0 atom stereocenters. The lowest BCUT2D eigenvalue weighted by atomic mass is 10.0. The molecule has 0 bridgehead atoms. The van der Waals surface area contributed by atoms with Gasteiger partial charge in [-0.05, 0) is 30.2 Å². The van der Waals surface area contributed by atoms with E-state index in [0.717, 1.165) is 12.1 Å². The van der Waals surface area contributed by atoms with Crippen molar-refractivity contribution in [2.45, 2.75) is 33.2 Å². The summed E-state index contributed by atoms with van der Waals surface area (Å²) in [5, 5.41) is 7.11. The molecule has 1 N–H and O–H groups in total. The van der Waals surface area contributed by atoms with Crippen LogP contribution in [0.25, 0.3) is 11.5 Å². The third kappa shape index (κ3) is 2.96. The Labute approximate surface area is 107 Å². The maximum Gasteiger partial charge on any atom is 0.257 e. The van der Waals surface area contributed by atoms with Crippen molar-refractivity contribution in [2.24, 2.45) is 0 Å². The van der Waals surface area contributed by atoms with Crippen LogP contribution in [0.15, 0.2) is 28.8 Å². The summed E-state index contributed by atoms with van der Waals surface area (Å²) in [6.45, 7) is 7.94. The van der Waals surface area contributed by atoms with Crippen molar-refractivity contribution in [3.63, 3.8) is 0 Å². The highest BCUT2D eigenvalue weighted by atomic mass is 16.5. The quantitative estimate of drug-likeness (QED) is 0.879. The van der Waals surface area contributed by atoms with E-state index in [-0.39, 0.29) is 0 Å². The van der Waals surface area contributed by atoms with Gasteiger partial charge in [-0.15, -0.1) is 0 Å². The molecular weight excluding hydrogens is 226 g/mol. The summed E-state index contributed by atoms with van der Waals surface area (Å²) >= 11 is 0. The van der Waals surface area contributed by atoms with E-state index < -0.39 is 0 Å². The van der Waals surface area contributed by atoms with Crippen molar-refractivity contribution in [1.82, 2.24) is 15.5 Å². The summed E-state index contributed by atoms with van der Waals surface area (Å²) in [5.41, 5.74) is 2.28. The summed E-state index contributed by atoms with van der Waals surface area (Å²) in [5.74, 6) is 1.81. The first kappa shape index (κ1) is 12.8. The lowest BCUT2D eigenvalue weighted by molar-refractivity contribution is 0.420. The van der Waals surface area contributed by atoms with Crippen molar-refractivity contribution < 1.29 is 4.52 Å². The third-order valence-corrected chi connectivity index (χ3v) is 2.83. The average molecular weight is 245 g/mol. The molecule has 1 aromatic heterocycles. The zero-order valence-electron chi connectivity index (χ0n) is 11.1. The van der Waals surface area contributed by atoms with Gasteiger partial charge in [0.25, 0.3) is 5.89 Å². The number of nitrogens with zero attached hydrogens (tertiary/aromatic N) is 2. The second-order valence-electron chi connectivity index (χ2n) is 4.57. The van der Waals surface area contributed by atoms with Gasteiger partial charge in [-0.3, -0.25) is 0 Å². The van der Waals surface area contributed by atoms with Gasteiger partial charge < -0.3 is 9.84 Å². The molecule has 0 aliphatic carbocycles. The topological polar surface area (TPSA) is 51.0 Å². The molecule has 0 amide bonds. The van der Waals surface area contributed by atoms with Crippen molar-refractivity contribution in [1.29, 1.82) is 0 Å². The normalized spacial score (nSPS) is 11.1. The van der Waals surface area contributed by atoms with E-state index in [1.807, 2.05) is 19.1 Å². The molecule has 0 saturated carbocycles. The zero-order chi connectivity index (χ0) is 13.0. The highest BCUT2D eigenvalue weighted by Crippen LogP contribution is 2.21. The van der Waals surface area contributed by atoms with Crippen LogP contribution >= 0.6 is 0 Å². The van der Waals surface area contributed by atoms with Crippen molar-refractivity contribution in [3.05, 3.63) is 35.7 Å². The van der Waals surface area contributed by atoms with Gasteiger partial charge in [-0.2, -0.15) is 4.98 Å². The van der Waals surface area contributed by atoms with Crippen molar-refractivity contribution >= 4 is 0 Å². The van der Waals surface area contributed by atoms with Crippen LogP contribution in [0, 0.1) is 0 Å². The maximum atomic E-state index is 5.25. The largest absolute Gasteiger partial charge is 0.334 e. The molecule has 0 fully saturated rings. The Morgan fingerprint density at radius 2 is 1.94 bits per heavy atom. The predicted molar refractivity (Wildman–Crippen MR) is 71.2 cm³/mol. The number of benzene rings is 1. The van der Waals surface area contributed by atoms with E-state index in [9.17, 15) is 0 Å². The van der Waals surface area contributed by atoms with Gasteiger partial charge in [0.05, 0.1) is 6.54 Å². The molecule has 0 saturated heterocycles. The van der Waals surface area contributed by atoms with Gasteiger partial charge in [-0.1, -0.05) is 38.1 Å². The molecule has 0 aliphatic rings. The van der Waals surface area contributed by atoms with Crippen molar-refractivity contribution in [2.75, 3.05) is 6.54 Å². The smallest absolute Gasteiger partial charge is 0.257 e. The minimum atomic E-state index is 0.533. The number of nitrogens with one attached hydrogen (secondary N) is 1. The van der Waals surface area contributed by atoms with Crippen LogP contribution in [0.2, 0.25) is 0 Å². The van der Waals surface area contributed by atoms with E-state index in [1.54, 1.807) is 0 Å². The van der Waals surface area contributed by atoms with Crippen LogP contribution < -0.4 is 5.32 Å². The molecule has 1 aromatic carbocycles. The van der Waals surface area contributed by atoms with Crippen molar-refractivity contribution in [3.8, 4) is 11.5 Å². The molecule has 4 nitrogen and oxygen atoms in total. The molecular formula is C14H19N3O. The zero-order valence-corrected chi connectivity index (χ0v) is 11.1. The molecule has 4 heteroatoms. The minimum absolute atomic E-state index is 0.533. The fraction of sp³-hybridized carbons (Fsp3) is 0.429. The van der Waals surface area contributed by atoms with Gasteiger partial charge in [0.15, 0.2) is 5.82 Å². The summed E-state index contributed by atoms with van der Waals surface area (Å²) in [4.78, 5) is 4.35. The third-order valence-electron chi connectivity index (χ3n) is 2.83. The van der Waals surface area contributed by atoms with Crippen LogP contribution in [0.5, 0.6) is 0 Å². The first-order valence-corrected chi connectivity index (χ1v) is 6.34. The second-order valence-corrected chi connectivity index (χ2v) is 4.57. The molecule has 0 aliphatic heterocycles. The molecule has 1 heterocycles. The van der Waals surface area contributed by atoms with Gasteiger partial charge >= 0.3 is 0 Å². The Balaban J connectivity index is 2.13. The predicted octanol–water partition coefficient (Wildman–Crippen LogP) is 2.97. The average Bonchev–Trinajstić information content (AvgIpc) is 2.85. The molecule has 0 radical (unpaired) electrons. The fourth-order valence-corrected chi connectivity index (χ4v) is 1.69. The Kier molecular flexibility index (Phi) is 4.10. The molecule has 2 rings (SSSR count). The maximum absolute atomic E-state index is 5.25. The van der Waals surface area contributed by atoms with Gasteiger partial charge in [0.2, 0.25) is 0 Å². The number of aromatic nitrogens is 2. The highest BCUT2D eigenvalue weighted by Gasteiger charge is 2.08. The van der Waals surface area contributed by atoms with E-state index in [4.69, 9.17) is 4.52 Å². The first-order valence-electron chi connectivity index (χ1n) is 6.34. The lowest BCUT2D eigenvalue weighted by Crippen LogP contribution is -2.12. The van der Waals surface area contributed by atoms with Crippen LogP contribution in [0.4, 0.5) is 0 Å². The van der Waals surface area contributed by atoms with Crippen LogP contribution in [-0.2, 0) is 6.54 Å². The standard InChI is InChI=1S/C14H19N3O/c1-4-15-9-13-16-14(18-17-13)12-7-5-11(6-8-12)10(2)3/h5-8,10,15H,4,9H2,1-3H3. The van der Waals surface area contributed by atoms with Crippen LogP contribution in [-0.4, -0.2) is 16.7 Å². The lowest BCUT2D eigenvalue weighted by Gasteiger charge is -2.04. The van der Waals surface area contributed by atoms with E-state index in [2.05, 4.69) is 41.4 Å². The van der Waals surface area contributed by atoms with Gasteiger partial charge in [-0.25, -0.2) is 0 Å². The minimum Gasteiger partial charge on any atom is -0.334 e. The molecule has 18 heavy (non-hydrogen) atoms. The second kappa shape index (κ2) is 5.78. The Hall–Kier alpha value is -1.68.